The zero-order valence-corrected chi connectivity index (χ0v) is 12.9. The van der Waals surface area contributed by atoms with Crippen molar-refractivity contribution < 1.29 is 4.79 Å². The first kappa shape index (κ1) is 14.1. The maximum atomic E-state index is 12.0. The summed E-state index contributed by atoms with van der Waals surface area (Å²) in [6.07, 6.45) is 0.721. The van der Waals surface area contributed by atoms with E-state index in [1.54, 1.807) is 0 Å². The van der Waals surface area contributed by atoms with Gasteiger partial charge in [-0.2, -0.15) is 0 Å². The van der Waals surface area contributed by atoms with Crippen LogP contribution in [0.25, 0.3) is 0 Å². The Morgan fingerprint density at radius 2 is 2.00 bits per heavy atom. The third-order valence-corrected chi connectivity index (χ3v) is 4.14. The minimum Gasteiger partial charge on any atom is -0.347 e. The largest absolute Gasteiger partial charge is 0.347 e. The summed E-state index contributed by atoms with van der Waals surface area (Å²) in [5.41, 5.74) is 3.06. The summed E-state index contributed by atoms with van der Waals surface area (Å²) < 4.78 is 3.82. The molecule has 0 radical (unpaired) electrons. The molecule has 1 heterocycles. The number of aromatic nitrogens is 2. The van der Waals surface area contributed by atoms with E-state index in [9.17, 15) is 4.79 Å². The Labute approximate surface area is 124 Å². The van der Waals surface area contributed by atoms with Crippen LogP contribution in [0.2, 0.25) is 0 Å². The van der Waals surface area contributed by atoms with E-state index in [2.05, 4.69) is 30.8 Å². The summed E-state index contributed by atoms with van der Waals surface area (Å²) in [4.78, 5) is 12.6. The molecule has 1 aromatic heterocycles. The van der Waals surface area contributed by atoms with Crippen molar-refractivity contribution in [1.29, 1.82) is 0 Å². The van der Waals surface area contributed by atoms with Crippen molar-refractivity contribution in [3.63, 3.8) is 0 Å². The molecule has 0 unspecified atom stereocenters. The average molecular weight is 340 g/mol. The number of benzene rings is 1. The minimum absolute atomic E-state index is 0.101. The molecule has 0 saturated carbocycles. The lowest BCUT2D eigenvalue weighted by Gasteiger charge is -2.05. The number of rotatable bonds is 5. The van der Waals surface area contributed by atoms with E-state index in [1.165, 1.54) is 5.56 Å². The summed E-state index contributed by atoms with van der Waals surface area (Å²) in [5, 5.41) is 7.67. The van der Waals surface area contributed by atoms with Gasteiger partial charge in [0.05, 0.1) is 5.69 Å². The van der Waals surface area contributed by atoms with Crippen molar-refractivity contribution in [2.24, 2.45) is 0 Å². The Kier molecular flexibility index (Phi) is 5.04. The summed E-state index contributed by atoms with van der Waals surface area (Å²) in [6, 6.07) is 8.12. The average Bonchev–Trinajstić information content (AvgIpc) is 2.93. The van der Waals surface area contributed by atoms with Gasteiger partial charge in [-0.15, -0.1) is 5.10 Å². The maximum absolute atomic E-state index is 12.0. The van der Waals surface area contributed by atoms with E-state index >= 15 is 0 Å². The van der Waals surface area contributed by atoms with Gasteiger partial charge in [0, 0.05) is 11.9 Å². The second-order valence-electron chi connectivity index (χ2n) is 4.04. The smallest absolute Gasteiger partial charge is 0.265 e. The Morgan fingerprint density at radius 1 is 1.32 bits per heavy atom. The number of carbonyl (C=O) groups is 1. The SMILES string of the molecule is CCc1nnsc1C(=O)NCc1ccc(CBr)cc1. The Hall–Kier alpha value is -1.27. The Balaban J connectivity index is 1.96. The number of carbonyl (C=O) groups excluding carboxylic acids is 1. The van der Waals surface area contributed by atoms with Crippen molar-refractivity contribution in [1.82, 2.24) is 14.9 Å². The second-order valence-corrected chi connectivity index (χ2v) is 5.35. The molecule has 0 atom stereocenters. The maximum Gasteiger partial charge on any atom is 0.265 e. The lowest BCUT2D eigenvalue weighted by Crippen LogP contribution is -2.22. The number of nitrogens with one attached hydrogen (secondary N) is 1. The first-order valence-corrected chi connectivity index (χ1v) is 7.87. The molecule has 19 heavy (non-hydrogen) atoms. The third-order valence-electron chi connectivity index (χ3n) is 2.73. The predicted octanol–water partition coefficient (Wildman–Crippen LogP) is 2.93. The molecule has 0 spiro atoms. The van der Waals surface area contributed by atoms with Gasteiger partial charge in [0.15, 0.2) is 0 Å². The van der Waals surface area contributed by atoms with Crippen molar-refractivity contribution in [2.75, 3.05) is 0 Å². The summed E-state index contributed by atoms with van der Waals surface area (Å²) in [7, 11) is 0. The fourth-order valence-electron chi connectivity index (χ4n) is 1.62. The molecule has 6 heteroatoms. The van der Waals surface area contributed by atoms with E-state index in [0.717, 1.165) is 34.5 Å². The van der Waals surface area contributed by atoms with Gasteiger partial charge in [-0.25, -0.2) is 0 Å². The van der Waals surface area contributed by atoms with Crippen LogP contribution in [0, 0.1) is 0 Å². The monoisotopic (exact) mass is 339 g/mol. The first-order valence-electron chi connectivity index (χ1n) is 5.97. The fourth-order valence-corrected chi connectivity index (χ4v) is 2.66. The van der Waals surface area contributed by atoms with E-state index < -0.39 is 0 Å². The Bertz CT molecular complexity index is 553. The number of aryl methyl sites for hydroxylation is 1. The number of nitrogens with zero attached hydrogens (tertiary/aromatic N) is 2. The number of halogens is 1. The number of alkyl halides is 1. The van der Waals surface area contributed by atoms with Gasteiger partial charge in [-0.3, -0.25) is 4.79 Å². The predicted molar refractivity (Wildman–Crippen MR) is 79.5 cm³/mol. The molecule has 4 nitrogen and oxygen atoms in total. The molecule has 0 aliphatic heterocycles. The highest BCUT2D eigenvalue weighted by Gasteiger charge is 2.14. The van der Waals surface area contributed by atoms with Gasteiger partial charge in [0.1, 0.15) is 4.88 Å². The molecule has 1 amide bonds. The first-order chi connectivity index (χ1) is 9.24. The van der Waals surface area contributed by atoms with Gasteiger partial charge in [-0.1, -0.05) is 51.6 Å². The van der Waals surface area contributed by atoms with Crippen molar-refractivity contribution in [3.05, 3.63) is 46.0 Å². The van der Waals surface area contributed by atoms with Crippen LogP contribution >= 0.6 is 27.5 Å². The standard InChI is InChI=1S/C13H14BrN3OS/c1-2-11-12(19-17-16-11)13(18)15-8-10-5-3-9(7-14)4-6-10/h3-6H,2,7-8H2,1H3,(H,15,18). The van der Waals surface area contributed by atoms with Crippen LogP contribution in [0.3, 0.4) is 0 Å². The number of hydrogen-bond acceptors (Lipinski definition) is 4. The number of hydrogen-bond donors (Lipinski definition) is 1. The third kappa shape index (κ3) is 3.61. The van der Waals surface area contributed by atoms with Crippen molar-refractivity contribution in [2.45, 2.75) is 25.2 Å². The zero-order valence-electron chi connectivity index (χ0n) is 10.5. The van der Waals surface area contributed by atoms with Crippen LogP contribution in [0.5, 0.6) is 0 Å². The summed E-state index contributed by atoms with van der Waals surface area (Å²) in [6.45, 7) is 2.48. The van der Waals surface area contributed by atoms with Crippen LogP contribution in [-0.2, 0) is 18.3 Å². The molecule has 100 valence electrons. The molecule has 0 bridgehead atoms. The highest BCUT2D eigenvalue weighted by atomic mass is 79.9. The van der Waals surface area contributed by atoms with Gasteiger partial charge in [0.2, 0.25) is 0 Å². The minimum atomic E-state index is -0.101. The summed E-state index contributed by atoms with van der Waals surface area (Å²) >= 11 is 4.55. The zero-order chi connectivity index (χ0) is 13.7. The Morgan fingerprint density at radius 3 is 2.63 bits per heavy atom. The molecule has 1 aromatic carbocycles. The quantitative estimate of drug-likeness (QED) is 0.852. The number of amides is 1. The molecule has 0 fully saturated rings. The van der Waals surface area contributed by atoms with Gasteiger partial charge in [0.25, 0.3) is 5.91 Å². The van der Waals surface area contributed by atoms with E-state index in [4.69, 9.17) is 0 Å². The topological polar surface area (TPSA) is 54.9 Å². The molecule has 0 saturated heterocycles. The van der Waals surface area contributed by atoms with Crippen LogP contribution in [0.1, 0.15) is 33.4 Å². The van der Waals surface area contributed by atoms with Crippen LogP contribution in [-0.4, -0.2) is 15.5 Å². The molecule has 2 aromatic rings. The molecule has 0 aliphatic rings. The molecular formula is C13H14BrN3OS. The molecular weight excluding hydrogens is 326 g/mol. The van der Waals surface area contributed by atoms with Crippen molar-refractivity contribution in [3.8, 4) is 0 Å². The summed E-state index contributed by atoms with van der Waals surface area (Å²) in [5.74, 6) is -0.101. The highest BCUT2D eigenvalue weighted by molar-refractivity contribution is 9.08. The van der Waals surface area contributed by atoms with Crippen LogP contribution in [0.15, 0.2) is 24.3 Å². The van der Waals surface area contributed by atoms with Crippen molar-refractivity contribution >= 4 is 33.4 Å². The molecule has 2 rings (SSSR count). The highest BCUT2D eigenvalue weighted by Crippen LogP contribution is 2.12. The van der Waals surface area contributed by atoms with E-state index in [0.29, 0.717) is 11.4 Å². The normalized spacial score (nSPS) is 10.4. The van der Waals surface area contributed by atoms with E-state index in [1.807, 2.05) is 31.2 Å². The van der Waals surface area contributed by atoms with Gasteiger partial charge >= 0.3 is 0 Å². The lowest BCUT2D eigenvalue weighted by molar-refractivity contribution is 0.0954. The molecule has 1 N–H and O–H groups in total. The molecule has 0 aliphatic carbocycles. The van der Waals surface area contributed by atoms with Gasteiger partial charge < -0.3 is 5.32 Å². The second kappa shape index (κ2) is 6.77. The van der Waals surface area contributed by atoms with Gasteiger partial charge in [-0.05, 0) is 29.1 Å². The van der Waals surface area contributed by atoms with E-state index in [-0.39, 0.29) is 5.91 Å². The van der Waals surface area contributed by atoms with Crippen LogP contribution < -0.4 is 5.32 Å². The fraction of sp³-hybridized carbons (Fsp3) is 0.308. The lowest BCUT2D eigenvalue weighted by atomic mass is 10.1. The van der Waals surface area contributed by atoms with Crippen LogP contribution in [0.4, 0.5) is 0 Å².